The van der Waals surface area contributed by atoms with Crippen molar-refractivity contribution >= 4 is 35.0 Å². The number of hydrogen-bond donors (Lipinski definition) is 0. The van der Waals surface area contributed by atoms with E-state index in [0.717, 1.165) is 23.0 Å². The van der Waals surface area contributed by atoms with Gasteiger partial charge in [0, 0.05) is 6.42 Å². The number of carbonyl (C=O) groups excluding carboxylic acids is 1. The van der Waals surface area contributed by atoms with Crippen molar-refractivity contribution in [1.82, 2.24) is 0 Å². The highest BCUT2D eigenvalue weighted by molar-refractivity contribution is 6.38. The van der Waals surface area contributed by atoms with Gasteiger partial charge < -0.3 is 4.48 Å². The maximum absolute atomic E-state index is 10.2. The van der Waals surface area contributed by atoms with E-state index in [1.54, 1.807) is 12.1 Å². The molecule has 0 heterocycles. The monoisotopic (exact) mass is 273 g/mol. The molecule has 3 nitrogen and oxygen atoms in total. The lowest BCUT2D eigenvalue weighted by Gasteiger charge is -2.23. The van der Waals surface area contributed by atoms with Crippen molar-refractivity contribution in [3.05, 3.63) is 27.7 Å². The Morgan fingerprint density at radius 2 is 1.76 bits per heavy atom. The predicted molar refractivity (Wildman–Crippen MR) is 70.8 cm³/mol. The maximum atomic E-state index is 10.2. The van der Waals surface area contributed by atoms with Gasteiger partial charge in [0.2, 0.25) is 6.08 Å². The summed E-state index contributed by atoms with van der Waals surface area (Å²) in [6.45, 7) is 0.975. The fourth-order valence-electron chi connectivity index (χ4n) is 1.38. The van der Waals surface area contributed by atoms with E-state index in [-0.39, 0.29) is 5.69 Å². The Bertz CT molecular complexity index is 437. The van der Waals surface area contributed by atoms with E-state index in [4.69, 9.17) is 23.2 Å². The number of quaternary nitrogens is 1. The molecular formula is C12H15Cl2N2O+. The summed E-state index contributed by atoms with van der Waals surface area (Å²) in [6.07, 6.45) is 2.31. The van der Waals surface area contributed by atoms with Crippen LogP contribution in [0.1, 0.15) is 5.56 Å². The van der Waals surface area contributed by atoms with Gasteiger partial charge in [-0.2, -0.15) is 4.99 Å². The van der Waals surface area contributed by atoms with E-state index in [9.17, 15) is 4.79 Å². The van der Waals surface area contributed by atoms with Gasteiger partial charge in [0.15, 0.2) is 0 Å². The van der Waals surface area contributed by atoms with E-state index < -0.39 is 0 Å². The summed E-state index contributed by atoms with van der Waals surface area (Å²) < 4.78 is 0.865. The number of halogens is 2. The molecule has 0 bridgehead atoms. The molecule has 0 aliphatic carbocycles. The molecule has 17 heavy (non-hydrogen) atoms. The SMILES string of the molecule is C[N+](C)(C)CCc1cc(Cl)c(N=C=O)c(Cl)c1. The molecular weight excluding hydrogens is 259 g/mol. The van der Waals surface area contributed by atoms with Crippen LogP contribution < -0.4 is 0 Å². The second-order valence-electron chi connectivity index (χ2n) is 4.88. The van der Waals surface area contributed by atoms with Crippen LogP contribution in [0.5, 0.6) is 0 Å². The van der Waals surface area contributed by atoms with Crippen LogP contribution in [0, 0.1) is 0 Å². The summed E-state index contributed by atoms with van der Waals surface area (Å²) in [5.74, 6) is 0. The number of rotatable bonds is 4. The van der Waals surface area contributed by atoms with Gasteiger partial charge in [-0.25, -0.2) is 4.79 Å². The number of likely N-dealkylation sites (N-methyl/N-ethyl adjacent to an activating group) is 1. The first-order valence-electron chi connectivity index (χ1n) is 5.20. The molecule has 1 aromatic rings. The lowest BCUT2D eigenvalue weighted by molar-refractivity contribution is -0.870. The van der Waals surface area contributed by atoms with Gasteiger partial charge in [0.1, 0.15) is 5.69 Å². The Morgan fingerprint density at radius 1 is 1.24 bits per heavy atom. The molecule has 92 valence electrons. The van der Waals surface area contributed by atoms with Gasteiger partial charge in [0.25, 0.3) is 0 Å². The van der Waals surface area contributed by atoms with Gasteiger partial charge in [-0.15, -0.1) is 0 Å². The van der Waals surface area contributed by atoms with Crippen LogP contribution in [0.3, 0.4) is 0 Å². The quantitative estimate of drug-likeness (QED) is 0.471. The molecule has 0 atom stereocenters. The molecule has 1 aromatic carbocycles. The third-order valence-electron chi connectivity index (χ3n) is 2.31. The molecule has 1 rings (SSSR count). The van der Waals surface area contributed by atoms with E-state index >= 15 is 0 Å². The molecule has 0 aliphatic rings. The first kappa shape index (κ1) is 14.2. The van der Waals surface area contributed by atoms with Crippen LogP contribution in [0.4, 0.5) is 5.69 Å². The highest BCUT2D eigenvalue weighted by Gasteiger charge is 2.11. The van der Waals surface area contributed by atoms with Gasteiger partial charge in [-0.05, 0) is 17.7 Å². The molecule has 0 radical (unpaired) electrons. The van der Waals surface area contributed by atoms with E-state index in [0.29, 0.717) is 10.0 Å². The predicted octanol–water partition coefficient (Wildman–Crippen LogP) is 3.21. The Labute approximate surface area is 111 Å². The molecule has 5 heteroatoms. The number of nitrogens with zero attached hydrogens (tertiary/aromatic N) is 2. The summed E-state index contributed by atoms with van der Waals surface area (Å²) in [7, 11) is 6.36. The van der Waals surface area contributed by atoms with Crippen molar-refractivity contribution in [3.8, 4) is 0 Å². The topological polar surface area (TPSA) is 29.4 Å². The molecule has 0 spiro atoms. The van der Waals surface area contributed by atoms with Crippen molar-refractivity contribution in [2.24, 2.45) is 4.99 Å². The van der Waals surface area contributed by atoms with Gasteiger partial charge in [-0.3, -0.25) is 0 Å². The van der Waals surface area contributed by atoms with Crippen LogP contribution in [-0.2, 0) is 11.2 Å². The molecule has 0 saturated carbocycles. The van der Waals surface area contributed by atoms with Gasteiger partial charge >= 0.3 is 0 Å². The minimum Gasteiger partial charge on any atom is -0.331 e. The number of aliphatic imine (C=N–C) groups is 1. The average Bonchev–Trinajstić information content (AvgIpc) is 2.19. The fourth-order valence-corrected chi connectivity index (χ4v) is 2.00. The zero-order valence-corrected chi connectivity index (χ0v) is 11.6. The molecule has 0 fully saturated rings. The molecule has 0 amide bonds. The third kappa shape index (κ3) is 4.49. The first-order valence-corrected chi connectivity index (χ1v) is 5.95. The molecule has 0 unspecified atom stereocenters. The Balaban J connectivity index is 2.94. The van der Waals surface area contributed by atoms with Crippen LogP contribution in [0.25, 0.3) is 0 Å². The third-order valence-corrected chi connectivity index (χ3v) is 2.88. The van der Waals surface area contributed by atoms with Crippen LogP contribution in [-0.4, -0.2) is 38.3 Å². The van der Waals surface area contributed by atoms with Gasteiger partial charge in [-0.1, -0.05) is 23.2 Å². The lowest BCUT2D eigenvalue weighted by atomic mass is 10.1. The Hall–Kier alpha value is -0.860. The zero-order chi connectivity index (χ0) is 13.1. The molecule has 0 aromatic heterocycles. The summed E-state index contributed by atoms with van der Waals surface area (Å²) >= 11 is 12.0. The second kappa shape index (κ2) is 5.65. The molecule has 0 N–H and O–H groups in total. The van der Waals surface area contributed by atoms with Crippen molar-refractivity contribution in [3.63, 3.8) is 0 Å². The van der Waals surface area contributed by atoms with Crippen molar-refractivity contribution in [2.45, 2.75) is 6.42 Å². The van der Waals surface area contributed by atoms with Crippen molar-refractivity contribution in [1.29, 1.82) is 0 Å². The van der Waals surface area contributed by atoms with Crippen LogP contribution in [0.15, 0.2) is 17.1 Å². The standard InChI is InChI=1S/C12H15Cl2N2O/c1-16(2,3)5-4-9-6-10(13)12(15-8-17)11(14)7-9/h6-7H,4-5H2,1-3H3/q+1. The number of benzene rings is 1. The summed E-state index contributed by atoms with van der Waals surface area (Å²) in [5.41, 5.74) is 1.33. The summed E-state index contributed by atoms with van der Waals surface area (Å²) in [6, 6.07) is 3.58. The Morgan fingerprint density at radius 3 is 2.18 bits per heavy atom. The largest absolute Gasteiger partial charge is 0.331 e. The zero-order valence-electron chi connectivity index (χ0n) is 10.1. The highest BCUT2D eigenvalue weighted by Crippen LogP contribution is 2.34. The molecule has 0 aliphatic heterocycles. The number of isocyanates is 1. The molecule has 0 saturated heterocycles. The smallest absolute Gasteiger partial charge is 0.240 e. The maximum Gasteiger partial charge on any atom is 0.240 e. The fraction of sp³-hybridized carbons (Fsp3) is 0.417. The first-order chi connectivity index (χ1) is 7.83. The van der Waals surface area contributed by atoms with E-state index in [1.165, 1.54) is 6.08 Å². The summed E-state index contributed by atoms with van der Waals surface area (Å²) in [4.78, 5) is 13.7. The average molecular weight is 274 g/mol. The summed E-state index contributed by atoms with van der Waals surface area (Å²) in [5, 5.41) is 0.773. The Kier molecular flexibility index (Phi) is 4.72. The van der Waals surface area contributed by atoms with Crippen molar-refractivity contribution < 1.29 is 9.28 Å². The van der Waals surface area contributed by atoms with Crippen LogP contribution >= 0.6 is 23.2 Å². The lowest BCUT2D eigenvalue weighted by Crippen LogP contribution is -2.36. The van der Waals surface area contributed by atoms with Crippen LogP contribution in [0.2, 0.25) is 10.0 Å². The van der Waals surface area contributed by atoms with E-state index in [1.807, 2.05) is 0 Å². The number of hydrogen-bond acceptors (Lipinski definition) is 2. The van der Waals surface area contributed by atoms with Gasteiger partial charge in [0.05, 0.1) is 37.7 Å². The van der Waals surface area contributed by atoms with Crippen molar-refractivity contribution in [2.75, 3.05) is 27.7 Å². The minimum absolute atomic E-state index is 0.289. The normalized spacial score (nSPS) is 11.1. The minimum atomic E-state index is 0.289. The highest BCUT2D eigenvalue weighted by atomic mass is 35.5. The second-order valence-corrected chi connectivity index (χ2v) is 5.69. The van der Waals surface area contributed by atoms with E-state index in [2.05, 4.69) is 26.1 Å².